The summed E-state index contributed by atoms with van der Waals surface area (Å²) in [6.45, 7) is 14.6. The molecule has 1 aromatic carbocycles. The van der Waals surface area contributed by atoms with Gasteiger partial charge in [-0.15, -0.1) is 34.2 Å². The molecular weight excluding hydrogens is 501 g/mol. The molecule has 1 saturated heterocycles. The average molecular weight is 540 g/mol. The van der Waals surface area contributed by atoms with Crippen LogP contribution in [0.15, 0.2) is 35.3 Å². The number of likely N-dealkylation sites (tertiary alicyclic amines) is 1. The summed E-state index contributed by atoms with van der Waals surface area (Å²) >= 11 is 0. The number of nitrogens with one attached hydrogen (secondary N) is 1. The van der Waals surface area contributed by atoms with Crippen LogP contribution in [0.25, 0.3) is 0 Å². The Morgan fingerprint density at radius 2 is 1.94 bits per heavy atom. The second kappa shape index (κ2) is 12.4. The zero-order chi connectivity index (χ0) is 21.5. The standard InChI is InChI=1S/C23H37N7.HI/c1-6-29(7-2)16-20-13-14-30(17-20)23(24-15-22-27-26-19(4)28(22)5)25-18(3)21-11-9-8-10-12-21;/h8-12,18,20H,6-7,13-17H2,1-5H3,(H,24,25);1H. The number of rotatable bonds is 8. The predicted molar refractivity (Wildman–Crippen MR) is 138 cm³/mol. The number of hydrogen-bond donors (Lipinski definition) is 1. The van der Waals surface area contributed by atoms with Gasteiger partial charge in [0, 0.05) is 26.7 Å². The summed E-state index contributed by atoms with van der Waals surface area (Å²) < 4.78 is 2.01. The van der Waals surface area contributed by atoms with Crippen molar-refractivity contribution in [2.45, 2.75) is 46.7 Å². The van der Waals surface area contributed by atoms with Crippen molar-refractivity contribution in [3.8, 4) is 0 Å². The first kappa shape index (κ1) is 25.6. The van der Waals surface area contributed by atoms with Crippen LogP contribution in [0.3, 0.4) is 0 Å². The molecule has 0 radical (unpaired) electrons. The van der Waals surface area contributed by atoms with Crippen LogP contribution < -0.4 is 5.32 Å². The van der Waals surface area contributed by atoms with Crippen molar-refractivity contribution in [2.75, 3.05) is 32.7 Å². The maximum absolute atomic E-state index is 4.96. The number of benzene rings is 1. The van der Waals surface area contributed by atoms with Crippen LogP contribution in [0.1, 0.15) is 50.4 Å². The maximum atomic E-state index is 4.96. The summed E-state index contributed by atoms with van der Waals surface area (Å²) in [6.07, 6.45) is 1.21. The lowest BCUT2D eigenvalue weighted by Crippen LogP contribution is -2.42. The summed E-state index contributed by atoms with van der Waals surface area (Å²) in [5.74, 6) is 3.45. The fourth-order valence-corrected chi connectivity index (χ4v) is 4.01. The highest BCUT2D eigenvalue weighted by Crippen LogP contribution is 2.20. The lowest BCUT2D eigenvalue weighted by Gasteiger charge is -2.27. The van der Waals surface area contributed by atoms with Gasteiger partial charge in [0.1, 0.15) is 12.4 Å². The predicted octanol–water partition coefficient (Wildman–Crippen LogP) is 3.61. The Labute approximate surface area is 204 Å². The molecule has 2 heterocycles. The quantitative estimate of drug-likeness (QED) is 0.316. The van der Waals surface area contributed by atoms with E-state index in [9.17, 15) is 0 Å². The Kier molecular flexibility index (Phi) is 10.2. The zero-order valence-electron chi connectivity index (χ0n) is 19.6. The molecule has 1 aliphatic rings. The highest BCUT2D eigenvalue weighted by Gasteiger charge is 2.27. The second-order valence-corrected chi connectivity index (χ2v) is 8.23. The third-order valence-electron chi connectivity index (χ3n) is 6.19. The monoisotopic (exact) mass is 539 g/mol. The zero-order valence-corrected chi connectivity index (χ0v) is 21.9. The Morgan fingerprint density at radius 3 is 2.55 bits per heavy atom. The largest absolute Gasteiger partial charge is 0.350 e. The second-order valence-electron chi connectivity index (χ2n) is 8.23. The SMILES string of the molecule is CCN(CC)CC1CCN(C(=NCc2nnc(C)n2C)NC(C)c2ccccc2)C1.I. The topological polar surface area (TPSA) is 61.6 Å². The molecule has 0 aliphatic carbocycles. The van der Waals surface area contributed by atoms with Crippen LogP contribution in [-0.2, 0) is 13.6 Å². The highest BCUT2D eigenvalue weighted by atomic mass is 127. The molecule has 1 aromatic heterocycles. The Morgan fingerprint density at radius 1 is 1.23 bits per heavy atom. The van der Waals surface area contributed by atoms with E-state index in [1.165, 1.54) is 12.0 Å². The molecule has 0 spiro atoms. The van der Waals surface area contributed by atoms with E-state index >= 15 is 0 Å². The van der Waals surface area contributed by atoms with Crippen molar-refractivity contribution in [3.63, 3.8) is 0 Å². The van der Waals surface area contributed by atoms with Gasteiger partial charge in [0.25, 0.3) is 0 Å². The average Bonchev–Trinajstić information content (AvgIpc) is 3.37. The van der Waals surface area contributed by atoms with Gasteiger partial charge in [0.15, 0.2) is 11.8 Å². The van der Waals surface area contributed by atoms with Crippen LogP contribution in [-0.4, -0.2) is 63.2 Å². The van der Waals surface area contributed by atoms with Crippen molar-refractivity contribution in [1.82, 2.24) is 29.9 Å². The van der Waals surface area contributed by atoms with E-state index in [4.69, 9.17) is 4.99 Å². The smallest absolute Gasteiger partial charge is 0.194 e. The first-order valence-electron chi connectivity index (χ1n) is 11.2. The summed E-state index contributed by atoms with van der Waals surface area (Å²) in [7, 11) is 2.00. The van der Waals surface area contributed by atoms with Crippen molar-refractivity contribution in [2.24, 2.45) is 18.0 Å². The fraction of sp³-hybridized carbons (Fsp3) is 0.609. The molecule has 1 fully saturated rings. The first-order valence-corrected chi connectivity index (χ1v) is 11.2. The van der Waals surface area contributed by atoms with E-state index in [0.29, 0.717) is 12.5 Å². The third-order valence-corrected chi connectivity index (χ3v) is 6.19. The van der Waals surface area contributed by atoms with Crippen LogP contribution in [0.5, 0.6) is 0 Å². The minimum Gasteiger partial charge on any atom is -0.350 e. The van der Waals surface area contributed by atoms with Crippen LogP contribution in [0.4, 0.5) is 0 Å². The normalized spacial score (nSPS) is 17.7. The molecule has 2 atom stereocenters. The van der Waals surface area contributed by atoms with Gasteiger partial charge in [0.2, 0.25) is 0 Å². The molecular formula is C23H38IN7. The number of nitrogens with zero attached hydrogens (tertiary/aromatic N) is 6. The minimum atomic E-state index is 0. The summed E-state index contributed by atoms with van der Waals surface area (Å²) in [5.41, 5.74) is 1.26. The van der Waals surface area contributed by atoms with Gasteiger partial charge < -0.3 is 19.7 Å². The van der Waals surface area contributed by atoms with Gasteiger partial charge in [-0.1, -0.05) is 44.2 Å². The first-order chi connectivity index (χ1) is 14.5. The number of aryl methyl sites for hydroxylation is 1. The molecule has 3 rings (SSSR count). The number of aromatic nitrogens is 3. The molecule has 31 heavy (non-hydrogen) atoms. The van der Waals surface area contributed by atoms with Crippen molar-refractivity contribution < 1.29 is 0 Å². The number of aliphatic imine (C=N–C) groups is 1. The van der Waals surface area contributed by atoms with Crippen LogP contribution in [0, 0.1) is 12.8 Å². The minimum absolute atomic E-state index is 0. The molecule has 0 amide bonds. The van der Waals surface area contributed by atoms with Crippen LogP contribution >= 0.6 is 24.0 Å². The number of hydrogen-bond acceptors (Lipinski definition) is 4. The lowest BCUT2D eigenvalue weighted by molar-refractivity contribution is 0.255. The van der Waals surface area contributed by atoms with Gasteiger partial charge in [-0.05, 0) is 44.8 Å². The Bertz CT molecular complexity index is 817. The van der Waals surface area contributed by atoms with E-state index < -0.39 is 0 Å². The van der Waals surface area contributed by atoms with Gasteiger partial charge in [-0.3, -0.25) is 0 Å². The molecule has 0 bridgehead atoms. The van der Waals surface area contributed by atoms with E-state index in [1.807, 2.05) is 18.5 Å². The van der Waals surface area contributed by atoms with E-state index in [2.05, 4.69) is 76.4 Å². The van der Waals surface area contributed by atoms with E-state index in [1.54, 1.807) is 0 Å². The summed E-state index contributed by atoms with van der Waals surface area (Å²) in [5, 5.41) is 12.1. The van der Waals surface area contributed by atoms with Crippen molar-refractivity contribution >= 4 is 29.9 Å². The Hall–Kier alpha value is -1.68. The molecule has 1 aliphatic heterocycles. The van der Waals surface area contributed by atoms with Crippen LogP contribution in [0.2, 0.25) is 0 Å². The molecule has 172 valence electrons. The number of guanidine groups is 1. The third kappa shape index (κ3) is 6.90. The Balaban J connectivity index is 0.00000341. The molecule has 1 N–H and O–H groups in total. The van der Waals surface area contributed by atoms with Gasteiger partial charge in [-0.2, -0.15) is 0 Å². The highest BCUT2D eigenvalue weighted by molar-refractivity contribution is 14.0. The van der Waals surface area contributed by atoms with Gasteiger partial charge in [-0.25, -0.2) is 4.99 Å². The van der Waals surface area contributed by atoms with Gasteiger partial charge in [0.05, 0.1) is 6.04 Å². The summed E-state index contributed by atoms with van der Waals surface area (Å²) in [6, 6.07) is 10.7. The van der Waals surface area contributed by atoms with Crippen molar-refractivity contribution in [3.05, 3.63) is 47.5 Å². The van der Waals surface area contributed by atoms with Gasteiger partial charge >= 0.3 is 0 Å². The lowest BCUT2D eigenvalue weighted by atomic mass is 10.1. The molecule has 8 heteroatoms. The van der Waals surface area contributed by atoms with E-state index in [0.717, 1.165) is 50.3 Å². The van der Waals surface area contributed by atoms with E-state index in [-0.39, 0.29) is 30.0 Å². The maximum Gasteiger partial charge on any atom is 0.194 e. The summed E-state index contributed by atoms with van der Waals surface area (Å²) in [4.78, 5) is 9.90. The molecule has 7 nitrogen and oxygen atoms in total. The van der Waals surface area contributed by atoms with Crippen molar-refractivity contribution in [1.29, 1.82) is 0 Å². The fourth-order valence-electron chi connectivity index (χ4n) is 4.01. The number of halogens is 1. The molecule has 0 saturated carbocycles. The molecule has 2 unspecified atom stereocenters. The molecule has 2 aromatic rings.